The molecule has 0 atom stereocenters. The van der Waals surface area contributed by atoms with Crippen LogP contribution in [0, 0.1) is 0 Å². The van der Waals surface area contributed by atoms with Crippen LogP contribution < -0.4 is 4.90 Å². The average molecular weight is 776 g/mol. The van der Waals surface area contributed by atoms with Crippen molar-refractivity contribution < 1.29 is 0 Å². The van der Waals surface area contributed by atoms with Gasteiger partial charge in [-0.05, 0) is 124 Å². The van der Waals surface area contributed by atoms with E-state index in [0.717, 1.165) is 5.69 Å². The molecule has 0 bridgehead atoms. The fraction of sp³-hybridized carbons (Fsp3) is 0.220. The molecule has 3 aliphatic rings. The Morgan fingerprint density at radius 3 is 1.67 bits per heavy atom. The van der Waals surface area contributed by atoms with Gasteiger partial charge in [-0.1, -0.05) is 190 Å². The maximum absolute atomic E-state index is 2.57. The summed E-state index contributed by atoms with van der Waals surface area (Å²) in [5.41, 5.74) is 23.5. The van der Waals surface area contributed by atoms with Gasteiger partial charge in [0.2, 0.25) is 0 Å². The van der Waals surface area contributed by atoms with Crippen LogP contribution in [0.3, 0.4) is 0 Å². The van der Waals surface area contributed by atoms with Crippen LogP contribution in [-0.2, 0) is 21.7 Å². The van der Waals surface area contributed by atoms with E-state index < -0.39 is 0 Å². The molecule has 60 heavy (non-hydrogen) atoms. The van der Waals surface area contributed by atoms with Crippen LogP contribution in [0.15, 0.2) is 158 Å². The molecule has 0 aromatic heterocycles. The van der Waals surface area contributed by atoms with Gasteiger partial charge in [-0.25, -0.2) is 0 Å². The SMILES string of the molecule is CC(C)(C)c1cccc2c1-c1ccc(N(c3ccc4c(c3)-c3ccccc3C4(C)C)c3ccc4ccccc4c3-c3cccc4c3-c3ccccc3C4(C)C)cc1C2(C)C. The highest BCUT2D eigenvalue weighted by Gasteiger charge is 2.41. The second-order valence-corrected chi connectivity index (χ2v) is 20.1. The third-order valence-electron chi connectivity index (χ3n) is 14.6. The van der Waals surface area contributed by atoms with Crippen LogP contribution in [0.5, 0.6) is 0 Å². The quantitative estimate of drug-likeness (QED) is 0.172. The van der Waals surface area contributed by atoms with Gasteiger partial charge in [-0.15, -0.1) is 0 Å². The Labute approximate surface area is 356 Å². The summed E-state index contributed by atoms with van der Waals surface area (Å²) in [6, 6.07) is 60.3. The van der Waals surface area contributed by atoms with Gasteiger partial charge >= 0.3 is 0 Å². The van der Waals surface area contributed by atoms with Crippen molar-refractivity contribution in [3.05, 3.63) is 197 Å². The highest BCUT2D eigenvalue weighted by molar-refractivity contribution is 6.10. The van der Waals surface area contributed by atoms with Crippen molar-refractivity contribution in [2.45, 2.75) is 84.0 Å². The monoisotopic (exact) mass is 775 g/mol. The number of benzene rings is 8. The molecule has 0 heterocycles. The summed E-state index contributed by atoms with van der Waals surface area (Å²) in [7, 11) is 0. The van der Waals surface area contributed by atoms with E-state index in [1.807, 2.05) is 0 Å². The summed E-state index contributed by atoms with van der Waals surface area (Å²) in [6.07, 6.45) is 0. The maximum atomic E-state index is 2.57. The minimum absolute atomic E-state index is 0.0192. The summed E-state index contributed by atoms with van der Waals surface area (Å²) < 4.78 is 0. The minimum Gasteiger partial charge on any atom is -0.310 e. The number of nitrogens with zero attached hydrogens (tertiary/aromatic N) is 1. The summed E-state index contributed by atoms with van der Waals surface area (Å²) in [4.78, 5) is 2.57. The zero-order valence-corrected chi connectivity index (χ0v) is 36.5. The van der Waals surface area contributed by atoms with Crippen LogP contribution in [-0.4, -0.2) is 0 Å². The lowest BCUT2D eigenvalue weighted by Gasteiger charge is -2.31. The van der Waals surface area contributed by atoms with E-state index in [9.17, 15) is 0 Å². The number of hydrogen-bond acceptors (Lipinski definition) is 1. The van der Waals surface area contributed by atoms with E-state index in [2.05, 4.69) is 225 Å². The molecular formula is C59H53N. The van der Waals surface area contributed by atoms with Gasteiger partial charge in [0, 0.05) is 33.2 Å². The van der Waals surface area contributed by atoms with E-state index >= 15 is 0 Å². The summed E-state index contributed by atoms with van der Waals surface area (Å²) in [6.45, 7) is 21.4. The van der Waals surface area contributed by atoms with Crippen LogP contribution in [0.1, 0.15) is 101 Å². The molecule has 8 aromatic rings. The highest BCUT2D eigenvalue weighted by Crippen LogP contribution is 2.58. The van der Waals surface area contributed by atoms with E-state index in [4.69, 9.17) is 0 Å². The average Bonchev–Trinajstić information content (AvgIpc) is 3.73. The molecule has 1 heteroatoms. The zero-order valence-electron chi connectivity index (χ0n) is 36.5. The second-order valence-electron chi connectivity index (χ2n) is 20.1. The third kappa shape index (κ3) is 4.99. The Kier molecular flexibility index (Phi) is 7.64. The second kappa shape index (κ2) is 12.4. The van der Waals surface area contributed by atoms with E-state index in [0.29, 0.717) is 0 Å². The van der Waals surface area contributed by atoms with Crippen molar-refractivity contribution in [3.63, 3.8) is 0 Å². The predicted molar refractivity (Wildman–Crippen MR) is 255 cm³/mol. The van der Waals surface area contributed by atoms with Crippen LogP contribution in [0.2, 0.25) is 0 Å². The molecule has 0 saturated heterocycles. The molecule has 1 nitrogen and oxygen atoms in total. The third-order valence-corrected chi connectivity index (χ3v) is 14.6. The number of hydrogen-bond donors (Lipinski definition) is 0. The van der Waals surface area contributed by atoms with Crippen molar-refractivity contribution in [1.29, 1.82) is 0 Å². The molecule has 0 amide bonds. The summed E-state index contributed by atoms with van der Waals surface area (Å²) in [5.74, 6) is 0. The Morgan fingerprint density at radius 1 is 0.367 bits per heavy atom. The van der Waals surface area contributed by atoms with Gasteiger partial charge in [0.1, 0.15) is 0 Å². The zero-order chi connectivity index (χ0) is 41.5. The highest BCUT2D eigenvalue weighted by atomic mass is 15.1. The molecular weight excluding hydrogens is 723 g/mol. The van der Waals surface area contributed by atoms with Gasteiger partial charge in [-0.3, -0.25) is 0 Å². The first kappa shape index (κ1) is 36.9. The fourth-order valence-electron chi connectivity index (χ4n) is 11.5. The normalized spacial score (nSPS) is 15.8. The first-order valence-electron chi connectivity index (χ1n) is 21.8. The van der Waals surface area contributed by atoms with Crippen molar-refractivity contribution in [1.82, 2.24) is 0 Å². The first-order chi connectivity index (χ1) is 28.7. The number of rotatable bonds is 4. The topological polar surface area (TPSA) is 3.24 Å². The molecule has 0 fully saturated rings. The lowest BCUT2D eigenvalue weighted by atomic mass is 9.79. The van der Waals surface area contributed by atoms with E-state index in [1.54, 1.807) is 0 Å². The largest absolute Gasteiger partial charge is 0.310 e. The molecule has 0 aliphatic heterocycles. The molecule has 11 rings (SSSR count). The maximum Gasteiger partial charge on any atom is 0.0546 e. The van der Waals surface area contributed by atoms with Crippen molar-refractivity contribution in [3.8, 4) is 44.5 Å². The van der Waals surface area contributed by atoms with E-state index in [-0.39, 0.29) is 21.7 Å². The van der Waals surface area contributed by atoms with Gasteiger partial charge in [0.05, 0.1) is 5.69 Å². The number of fused-ring (bicyclic) bond motifs is 10. The summed E-state index contributed by atoms with van der Waals surface area (Å²) >= 11 is 0. The molecule has 3 aliphatic carbocycles. The summed E-state index contributed by atoms with van der Waals surface area (Å²) in [5, 5.41) is 2.50. The molecule has 0 radical (unpaired) electrons. The Balaban J connectivity index is 1.22. The smallest absolute Gasteiger partial charge is 0.0546 e. The van der Waals surface area contributed by atoms with Gasteiger partial charge < -0.3 is 4.90 Å². The Hall–Kier alpha value is -6.18. The Morgan fingerprint density at radius 2 is 0.900 bits per heavy atom. The van der Waals surface area contributed by atoms with Gasteiger partial charge in [0.15, 0.2) is 0 Å². The molecule has 0 unspecified atom stereocenters. The van der Waals surface area contributed by atoms with Crippen molar-refractivity contribution >= 4 is 27.8 Å². The number of anilines is 3. The first-order valence-corrected chi connectivity index (χ1v) is 21.8. The van der Waals surface area contributed by atoms with Gasteiger partial charge in [0.25, 0.3) is 0 Å². The van der Waals surface area contributed by atoms with Crippen LogP contribution in [0.25, 0.3) is 55.3 Å². The van der Waals surface area contributed by atoms with Crippen molar-refractivity contribution in [2.75, 3.05) is 4.90 Å². The van der Waals surface area contributed by atoms with E-state index in [1.165, 1.54) is 106 Å². The van der Waals surface area contributed by atoms with Crippen molar-refractivity contribution in [2.24, 2.45) is 0 Å². The molecule has 0 saturated carbocycles. The standard InChI is InChI=1S/C59H53N/c1-56(2,3)48-25-17-27-50-55(48)42-31-29-38(35-51(42)59(50,8)9)60(37-30-32-47-44(34-37)40-20-12-14-23-45(40)57(47,4)5)52-33-28-36-18-10-11-19-39(36)54(52)43-22-16-26-49-53(43)41-21-13-15-24-46(41)58(49,6)7/h10-35H,1-9H3. The fourth-order valence-corrected chi connectivity index (χ4v) is 11.5. The van der Waals surface area contributed by atoms with Crippen LogP contribution in [0.4, 0.5) is 17.1 Å². The lowest BCUT2D eigenvalue weighted by Crippen LogP contribution is -2.18. The molecule has 0 spiro atoms. The Bertz CT molecular complexity index is 3110. The minimum atomic E-state index is -0.170. The van der Waals surface area contributed by atoms with Gasteiger partial charge in [-0.2, -0.15) is 0 Å². The molecule has 0 N–H and O–H groups in total. The predicted octanol–water partition coefficient (Wildman–Crippen LogP) is 16.2. The molecule has 294 valence electrons. The lowest BCUT2D eigenvalue weighted by molar-refractivity contribution is 0.589. The van der Waals surface area contributed by atoms with Crippen LogP contribution >= 0.6 is 0 Å². The molecule has 8 aromatic carbocycles.